The molecular weight excluding hydrogens is 480 g/mol. The fraction of sp³-hybridized carbons (Fsp3) is 0.136. The SMILES string of the molecule is NS(=O)(=O)c1ccc(NC(=S)Nc2ccc(S(=O)(=O)N3CCCc4ccccc43)cc2)cc1. The van der Waals surface area contributed by atoms with Gasteiger partial charge in [-0.2, -0.15) is 0 Å². The maximum absolute atomic E-state index is 13.2. The van der Waals surface area contributed by atoms with Crippen molar-refractivity contribution in [2.45, 2.75) is 22.6 Å². The van der Waals surface area contributed by atoms with Crippen molar-refractivity contribution in [3.8, 4) is 0 Å². The number of sulfonamides is 2. The standard InChI is InChI=1S/C22H22N4O4S3/c23-32(27,28)19-11-7-17(8-12-19)24-22(31)25-18-9-13-20(14-10-18)33(29,30)26-15-3-5-16-4-1-2-6-21(16)26/h1-2,4,6-14H,3,5,15H2,(H2,23,27,28)(H2,24,25,31). The molecule has 1 aliphatic rings. The van der Waals surface area contributed by atoms with Crippen LogP contribution >= 0.6 is 12.2 Å². The highest BCUT2D eigenvalue weighted by Gasteiger charge is 2.28. The molecule has 3 aromatic carbocycles. The average Bonchev–Trinajstić information content (AvgIpc) is 2.78. The summed E-state index contributed by atoms with van der Waals surface area (Å²) in [5.74, 6) is 0. The van der Waals surface area contributed by atoms with Crippen LogP contribution in [-0.4, -0.2) is 28.5 Å². The molecule has 0 fully saturated rings. The van der Waals surface area contributed by atoms with Crippen LogP contribution in [0, 0.1) is 0 Å². The molecule has 4 N–H and O–H groups in total. The zero-order chi connectivity index (χ0) is 23.6. The highest BCUT2D eigenvalue weighted by molar-refractivity contribution is 7.92. The third kappa shape index (κ3) is 5.17. The van der Waals surface area contributed by atoms with Crippen LogP contribution in [0.2, 0.25) is 0 Å². The fourth-order valence-corrected chi connectivity index (χ4v) is 5.90. The zero-order valence-corrected chi connectivity index (χ0v) is 19.9. The lowest BCUT2D eigenvalue weighted by molar-refractivity contribution is 0.586. The van der Waals surface area contributed by atoms with Gasteiger partial charge in [0.1, 0.15) is 0 Å². The molecule has 172 valence electrons. The number of nitrogens with one attached hydrogen (secondary N) is 2. The molecule has 33 heavy (non-hydrogen) atoms. The first-order chi connectivity index (χ1) is 15.6. The molecule has 0 atom stereocenters. The second-order valence-corrected chi connectivity index (χ2v) is 11.3. The van der Waals surface area contributed by atoms with Crippen molar-refractivity contribution >= 4 is 54.4 Å². The van der Waals surface area contributed by atoms with Gasteiger partial charge in [0, 0.05) is 17.9 Å². The molecule has 0 radical (unpaired) electrons. The first kappa shape index (κ1) is 23.2. The van der Waals surface area contributed by atoms with Crippen LogP contribution in [0.1, 0.15) is 12.0 Å². The lowest BCUT2D eigenvalue weighted by atomic mass is 10.0. The summed E-state index contributed by atoms with van der Waals surface area (Å²) in [7, 11) is -7.45. The maximum Gasteiger partial charge on any atom is 0.264 e. The van der Waals surface area contributed by atoms with Crippen LogP contribution in [-0.2, 0) is 26.5 Å². The first-order valence-electron chi connectivity index (χ1n) is 10.1. The number of aryl methyl sites for hydroxylation is 1. The minimum Gasteiger partial charge on any atom is -0.332 e. The van der Waals surface area contributed by atoms with Crippen LogP contribution in [0.3, 0.4) is 0 Å². The van der Waals surface area contributed by atoms with E-state index in [1.807, 2.05) is 24.3 Å². The number of hydrogen-bond donors (Lipinski definition) is 3. The lowest BCUT2D eigenvalue weighted by Crippen LogP contribution is -2.35. The predicted molar refractivity (Wildman–Crippen MR) is 133 cm³/mol. The van der Waals surface area contributed by atoms with Crippen molar-refractivity contribution in [1.82, 2.24) is 0 Å². The summed E-state index contributed by atoms with van der Waals surface area (Å²) in [6, 6.07) is 19.7. The molecule has 0 aromatic heterocycles. The van der Waals surface area contributed by atoms with E-state index in [0.29, 0.717) is 17.9 Å². The molecule has 11 heteroatoms. The van der Waals surface area contributed by atoms with Crippen molar-refractivity contribution in [3.63, 3.8) is 0 Å². The Bertz CT molecular complexity index is 1390. The number of fused-ring (bicyclic) bond motifs is 1. The van der Waals surface area contributed by atoms with Crippen molar-refractivity contribution in [3.05, 3.63) is 78.4 Å². The number of para-hydroxylation sites is 1. The van der Waals surface area contributed by atoms with E-state index < -0.39 is 20.0 Å². The number of hydrogen-bond acceptors (Lipinski definition) is 5. The Morgan fingerprint density at radius 1 is 0.818 bits per heavy atom. The molecule has 0 amide bonds. The smallest absolute Gasteiger partial charge is 0.264 e. The van der Waals surface area contributed by atoms with Crippen LogP contribution in [0.25, 0.3) is 0 Å². The van der Waals surface area contributed by atoms with Crippen molar-refractivity contribution in [2.24, 2.45) is 5.14 Å². The monoisotopic (exact) mass is 502 g/mol. The molecule has 0 aliphatic carbocycles. The van der Waals surface area contributed by atoms with Crippen molar-refractivity contribution in [1.29, 1.82) is 0 Å². The largest absolute Gasteiger partial charge is 0.332 e. The Kier molecular flexibility index (Phi) is 6.39. The molecule has 0 saturated heterocycles. The number of anilines is 3. The van der Waals surface area contributed by atoms with Gasteiger partial charge < -0.3 is 10.6 Å². The summed E-state index contributed by atoms with van der Waals surface area (Å²) < 4.78 is 50.6. The quantitative estimate of drug-likeness (QED) is 0.458. The summed E-state index contributed by atoms with van der Waals surface area (Å²) in [6.07, 6.45) is 1.63. The molecule has 4 rings (SSSR count). The van der Waals surface area contributed by atoms with Gasteiger partial charge in [0.15, 0.2) is 5.11 Å². The number of thiocarbonyl (C=S) groups is 1. The topological polar surface area (TPSA) is 122 Å². The Morgan fingerprint density at radius 3 is 1.94 bits per heavy atom. The van der Waals surface area contributed by atoms with E-state index in [1.165, 1.54) is 16.4 Å². The Hall–Kier alpha value is -2.99. The molecule has 1 aliphatic heterocycles. The van der Waals surface area contributed by atoms with Gasteiger partial charge in [0.2, 0.25) is 10.0 Å². The highest BCUT2D eigenvalue weighted by Crippen LogP contribution is 2.32. The molecule has 0 bridgehead atoms. The highest BCUT2D eigenvalue weighted by atomic mass is 32.2. The molecule has 8 nitrogen and oxygen atoms in total. The van der Waals surface area contributed by atoms with Gasteiger partial charge in [-0.15, -0.1) is 0 Å². The second-order valence-electron chi connectivity index (χ2n) is 7.48. The van der Waals surface area contributed by atoms with Gasteiger partial charge in [-0.25, -0.2) is 22.0 Å². The van der Waals surface area contributed by atoms with Gasteiger partial charge >= 0.3 is 0 Å². The average molecular weight is 503 g/mol. The Labute approximate surface area is 198 Å². The molecule has 0 unspecified atom stereocenters. The number of rotatable bonds is 5. The van der Waals surface area contributed by atoms with E-state index in [-0.39, 0.29) is 14.9 Å². The molecule has 0 saturated carbocycles. The van der Waals surface area contributed by atoms with Gasteiger partial charge in [-0.1, -0.05) is 18.2 Å². The molecule has 1 heterocycles. The summed E-state index contributed by atoms with van der Waals surface area (Å²) in [6.45, 7) is 0.442. The zero-order valence-electron chi connectivity index (χ0n) is 17.4. The third-order valence-corrected chi connectivity index (χ3v) is 8.17. The van der Waals surface area contributed by atoms with Crippen LogP contribution in [0.4, 0.5) is 17.1 Å². The number of nitrogens with zero attached hydrogens (tertiary/aromatic N) is 1. The van der Waals surface area contributed by atoms with Crippen LogP contribution in [0.5, 0.6) is 0 Å². The van der Waals surface area contributed by atoms with Crippen molar-refractivity contribution in [2.75, 3.05) is 21.5 Å². The molecule has 3 aromatic rings. The minimum absolute atomic E-state index is 0.0000505. The number of nitrogens with two attached hydrogens (primary N) is 1. The van der Waals surface area contributed by atoms with E-state index >= 15 is 0 Å². The fourth-order valence-electron chi connectivity index (χ4n) is 3.61. The number of benzene rings is 3. The summed E-state index contributed by atoms with van der Waals surface area (Å²) in [4.78, 5) is 0.197. The molecule has 0 spiro atoms. The van der Waals surface area contributed by atoms with E-state index in [2.05, 4.69) is 10.6 Å². The second kappa shape index (κ2) is 9.10. The minimum atomic E-state index is -3.77. The normalized spacial score (nSPS) is 13.8. The third-order valence-electron chi connectivity index (χ3n) is 5.21. The van der Waals surface area contributed by atoms with E-state index in [4.69, 9.17) is 17.4 Å². The van der Waals surface area contributed by atoms with Crippen LogP contribution < -0.4 is 20.1 Å². The molecular formula is C22H22N4O4S3. The van der Waals surface area contributed by atoms with Gasteiger partial charge in [0.05, 0.1) is 15.5 Å². The van der Waals surface area contributed by atoms with E-state index in [0.717, 1.165) is 24.1 Å². The lowest BCUT2D eigenvalue weighted by Gasteiger charge is -2.30. The maximum atomic E-state index is 13.2. The first-order valence-corrected chi connectivity index (χ1v) is 13.5. The number of primary sulfonamides is 1. The Balaban J connectivity index is 1.45. The van der Waals surface area contributed by atoms with E-state index in [9.17, 15) is 16.8 Å². The van der Waals surface area contributed by atoms with Crippen molar-refractivity contribution < 1.29 is 16.8 Å². The van der Waals surface area contributed by atoms with Gasteiger partial charge in [0.25, 0.3) is 10.0 Å². The summed E-state index contributed by atoms with van der Waals surface area (Å²) >= 11 is 5.29. The van der Waals surface area contributed by atoms with Crippen LogP contribution in [0.15, 0.2) is 82.6 Å². The van der Waals surface area contributed by atoms with E-state index in [1.54, 1.807) is 36.4 Å². The summed E-state index contributed by atoms with van der Waals surface area (Å²) in [5, 5.41) is 11.3. The van der Waals surface area contributed by atoms with Gasteiger partial charge in [-0.05, 0) is 85.2 Å². The predicted octanol–water partition coefficient (Wildman–Crippen LogP) is 3.28. The van der Waals surface area contributed by atoms with Gasteiger partial charge in [-0.3, -0.25) is 4.31 Å². The Morgan fingerprint density at radius 2 is 1.36 bits per heavy atom. The summed E-state index contributed by atoms with van der Waals surface area (Å²) in [5.41, 5.74) is 2.93.